The van der Waals surface area contributed by atoms with Crippen LogP contribution in [0.3, 0.4) is 0 Å². The lowest BCUT2D eigenvalue weighted by Crippen LogP contribution is -2.40. The van der Waals surface area contributed by atoms with Crippen LogP contribution in [0.15, 0.2) is 48.7 Å². The number of nitrogens with one attached hydrogen (secondary N) is 2. The molecule has 1 aliphatic heterocycles. The molecule has 3 aromatic rings. The van der Waals surface area contributed by atoms with E-state index in [2.05, 4.69) is 33.9 Å². The lowest BCUT2D eigenvalue weighted by Gasteiger charge is -2.23. The predicted molar refractivity (Wildman–Crippen MR) is 134 cm³/mol. The number of likely N-dealkylation sites (tertiary alicyclic amines) is 1. The van der Waals surface area contributed by atoms with Gasteiger partial charge in [-0.25, -0.2) is 14.2 Å². The second kappa shape index (κ2) is 12.1. The van der Waals surface area contributed by atoms with Gasteiger partial charge in [-0.15, -0.1) is 0 Å². The van der Waals surface area contributed by atoms with Gasteiger partial charge in [0, 0.05) is 17.7 Å². The minimum absolute atomic E-state index is 0.124. The van der Waals surface area contributed by atoms with Gasteiger partial charge >= 0.3 is 6.09 Å². The van der Waals surface area contributed by atoms with Crippen LogP contribution in [0.5, 0.6) is 0 Å². The molecule has 0 bridgehead atoms. The molecule has 0 spiro atoms. The van der Waals surface area contributed by atoms with E-state index >= 15 is 0 Å². The van der Waals surface area contributed by atoms with Crippen molar-refractivity contribution in [2.45, 2.75) is 46.1 Å². The predicted octanol–water partition coefficient (Wildman–Crippen LogP) is 5.63. The van der Waals surface area contributed by atoms with Crippen LogP contribution in [0.25, 0.3) is 22.4 Å². The highest BCUT2D eigenvalue weighted by atomic mass is 19.1. The van der Waals surface area contributed by atoms with Gasteiger partial charge in [0.25, 0.3) is 0 Å². The van der Waals surface area contributed by atoms with Gasteiger partial charge in [0.15, 0.2) is 0 Å². The summed E-state index contributed by atoms with van der Waals surface area (Å²) in [6.07, 6.45) is 3.98. The van der Waals surface area contributed by atoms with Crippen LogP contribution in [0.1, 0.15) is 50.5 Å². The standard InChI is InChI=1S/C24H25FN4O3.C3H8/c1-15-9-10-16(12-18(15)17-6-3-4-7-19(17)25)20-13-26-23(28-20)21-8-5-11-29(21)22(30)14-27-24(31)32-2;1-3-2/h3-4,6-7,9-10,12-13,21H,5,8,11,14H2,1-2H3,(H,26,28)(H,27,31);3H2,1-2H3/t21-;/m0./s1. The first-order chi connectivity index (χ1) is 16.9. The minimum Gasteiger partial charge on any atom is -0.453 e. The van der Waals surface area contributed by atoms with Gasteiger partial charge in [-0.2, -0.15) is 0 Å². The zero-order chi connectivity index (χ0) is 25.4. The van der Waals surface area contributed by atoms with Crippen LogP contribution in [0, 0.1) is 12.7 Å². The maximum Gasteiger partial charge on any atom is 0.407 e. The molecule has 1 aliphatic rings. The molecule has 186 valence electrons. The third-order valence-electron chi connectivity index (χ3n) is 5.77. The summed E-state index contributed by atoms with van der Waals surface area (Å²) in [5.41, 5.74) is 4.03. The van der Waals surface area contributed by atoms with Gasteiger partial charge in [-0.1, -0.05) is 50.6 Å². The van der Waals surface area contributed by atoms with E-state index in [0.29, 0.717) is 17.9 Å². The minimum atomic E-state index is -0.639. The van der Waals surface area contributed by atoms with E-state index < -0.39 is 6.09 Å². The zero-order valence-corrected chi connectivity index (χ0v) is 20.7. The molecule has 0 radical (unpaired) electrons. The summed E-state index contributed by atoms with van der Waals surface area (Å²) in [7, 11) is 1.26. The van der Waals surface area contributed by atoms with E-state index in [0.717, 1.165) is 35.2 Å². The summed E-state index contributed by atoms with van der Waals surface area (Å²) < 4.78 is 18.9. The van der Waals surface area contributed by atoms with Gasteiger partial charge in [-0.05, 0) is 43.0 Å². The Morgan fingerprint density at radius 2 is 1.94 bits per heavy atom. The summed E-state index contributed by atoms with van der Waals surface area (Å²) in [6.45, 7) is 6.68. The maximum atomic E-state index is 14.4. The number of alkyl carbamates (subject to hydrolysis) is 1. The van der Waals surface area contributed by atoms with E-state index in [-0.39, 0.29) is 24.3 Å². The summed E-state index contributed by atoms with van der Waals surface area (Å²) >= 11 is 0. The van der Waals surface area contributed by atoms with Crippen molar-refractivity contribution in [1.82, 2.24) is 20.2 Å². The Labute approximate surface area is 205 Å². The van der Waals surface area contributed by atoms with Crippen molar-refractivity contribution in [2.75, 3.05) is 20.2 Å². The number of nitrogens with zero attached hydrogens (tertiary/aromatic N) is 2. The Hall–Kier alpha value is -3.68. The number of methoxy groups -OCH3 is 1. The molecule has 1 saturated heterocycles. The van der Waals surface area contributed by atoms with Crippen molar-refractivity contribution in [3.8, 4) is 22.4 Å². The third kappa shape index (κ3) is 6.26. The number of halogens is 1. The molecule has 2 amide bonds. The average molecular weight is 481 g/mol. The first-order valence-corrected chi connectivity index (χ1v) is 11.9. The van der Waals surface area contributed by atoms with E-state index in [1.807, 2.05) is 31.2 Å². The fraction of sp³-hybridized carbons (Fsp3) is 0.370. The highest BCUT2D eigenvalue weighted by Crippen LogP contribution is 2.33. The van der Waals surface area contributed by atoms with E-state index in [4.69, 9.17) is 0 Å². The number of benzene rings is 2. The van der Waals surface area contributed by atoms with Gasteiger partial charge in [0.2, 0.25) is 5.91 Å². The number of hydrogen-bond donors (Lipinski definition) is 2. The van der Waals surface area contributed by atoms with Gasteiger partial charge in [0.1, 0.15) is 18.2 Å². The smallest absolute Gasteiger partial charge is 0.407 e. The van der Waals surface area contributed by atoms with Crippen molar-refractivity contribution in [3.63, 3.8) is 0 Å². The van der Waals surface area contributed by atoms with Crippen molar-refractivity contribution in [1.29, 1.82) is 0 Å². The molecule has 1 atom stereocenters. The summed E-state index contributed by atoms with van der Waals surface area (Å²) in [6, 6.07) is 12.4. The van der Waals surface area contributed by atoms with Crippen LogP contribution >= 0.6 is 0 Å². The molecule has 0 saturated carbocycles. The average Bonchev–Trinajstić information content (AvgIpc) is 3.53. The third-order valence-corrected chi connectivity index (χ3v) is 5.77. The SMILES string of the molecule is CCC.COC(=O)NCC(=O)N1CCC[C@H]1c1ncc(-c2ccc(C)c(-c3ccccc3F)c2)[nH]1. The number of aryl methyl sites for hydroxylation is 1. The van der Waals surface area contributed by atoms with Crippen LogP contribution in [-0.4, -0.2) is 47.1 Å². The number of hydrogen-bond acceptors (Lipinski definition) is 4. The summed E-state index contributed by atoms with van der Waals surface area (Å²) in [4.78, 5) is 33.4. The Morgan fingerprint density at radius 1 is 1.20 bits per heavy atom. The molecule has 35 heavy (non-hydrogen) atoms. The molecule has 2 aromatic carbocycles. The number of carbonyl (C=O) groups is 2. The number of rotatable bonds is 5. The number of ether oxygens (including phenoxy) is 1. The van der Waals surface area contributed by atoms with Crippen molar-refractivity contribution in [2.24, 2.45) is 0 Å². The molecular formula is C27H33FN4O3. The highest BCUT2D eigenvalue weighted by molar-refractivity contribution is 5.82. The van der Waals surface area contributed by atoms with Crippen molar-refractivity contribution in [3.05, 3.63) is 65.9 Å². The first-order valence-electron chi connectivity index (χ1n) is 11.9. The second-order valence-corrected chi connectivity index (χ2v) is 8.49. The Morgan fingerprint density at radius 3 is 2.66 bits per heavy atom. The van der Waals surface area contributed by atoms with Crippen LogP contribution in [0.2, 0.25) is 0 Å². The van der Waals surface area contributed by atoms with Crippen LogP contribution < -0.4 is 5.32 Å². The van der Waals surface area contributed by atoms with Gasteiger partial charge in [-0.3, -0.25) is 4.79 Å². The molecule has 4 rings (SSSR count). The summed E-state index contributed by atoms with van der Waals surface area (Å²) in [5, 5.41) is 2.43. The quantitative estimate of drug-likeness (QED) is 0.496. The topological polar surface area (TPSA) is 87.3 Å². The number of H-pyrrole nitrogens is 1. The molecule has 2 heterocycles. The largest absolute Gasteiger partial charge is 0.453 e. The number of aromatic nitrogens is 2. The molecule has 0 aliphatic carbocycles. The highest BCUT2D eigenvalue weighted by Gasteiger charge is 2.32. The van der Waals surface area contributed by atoms with E-state index in [1.165, 1.54) is 19.6 Å². The Kier molecular flexibility index (Phi) is 9.00. The van der Waals surface area contributed by atoms with Gasteiger partial charge < -0.3 is 19.9 Å². The van der Waals surface area contributed by atoms with E-state index in [1.54, 1.807) is 23.2 Å². The van der Waals surface area contributed by atoms with Crippen LogP contribution in [-0.2, 0) is 9.53 Å². The molecule has 0 unspecified atom stereocenters. The number of amides is 2. The maximum absolute atomic E-state index is 14.4. The summed E-state index contributed by atoms with van der Waals surface area (Å²) in [5.74, 6) is 0.240. The lowest BCUT2D eigenvalue weighted by atomic mass is 9.97. The van der Waals surface area contributed by atoms with Crippen molar-refractivity contribution >= 4 is 12.0 Å². The first kappa shape index (κ1) is 25.9. The molecule has 8 heteroatoms. The molecule has 2 N–H and O–H groups in total. The fourth-order valence-corrected chi connectivity index (χ4v) is 4.08. The second-order valence-electron chi connectivity index (χ2n) is 8.49. The molecule has 1 aromatic heterocycles. The number of carbonyl (C=O) groups excluding carboxylic acids is 2. The normalized spacial score (nSPS) is 14.8. The molecular weight excluding hydrogens is 447 g/mol. The number of aromatic amines is 1. The van der Waals surface area contributed by atoms with Crippen molar-refractivity contribution < 1.29 is 18.7 Å². The molecule has 1 fully saturated rings. The Bertz CT molecular complexity index is 1160. The fourth-order valence-electron chi connectivity index (χ4n) is 4.08. The molecule has 7 nitrogen and oxygen atoms in total. The van der Waals surface area contributed by atoms with Crippen LogP contribution in [0.4, 0.5) is 9.18 Å². The van der Waals surface area contributed by atoms with Gasteiger partial charge in [0.05, 0.1) is 25.0 Å². The lowest BCUT2D eigenvalue weighted by molar-refractivity contribution is -0.131. The Balaban J connectivity index is 0.00000108. The zero-order valence-electron chi connectivity index (χ0n) is 20.7. The number of imidazole rings is 1. The monoisotopic (exact) mass is 480 g/mol. The van der Waals surface area contributed by atoms with E-state index in [9.17, 15) is 14.0 Å².